The van der Waals surface area contributed by atoms with Crippen LogP contribution in [0.4, 0.5) is 4.39 Å². The fourth-order valence-corrected chi connectivity index (χ4v) is 3.03. The highest BCUT2D eigenvalue weighted by molar-refractivity contribution is 7.19. The van der Waals surface area contributed by atoms with Crippen molar-refractivity contribution < 1.29 is 9.13 Å². The van der Waals surface area contributed by atoms with Crippen LogP contribution >= 0.6 is 11.3 Å². The molecule has 1 aromatic heterocycles. The molecule has 3 nitrogen and oxygen atoms in total. The molecule has 0 saturated carbocycles. The lowest BCUT2D eigenvalue weighted by Crippen LogP contribution is -2.36. The van der Waals surface area contributed by atoms with Crippen molar-refractivity contribution in [1.29, 1.82) is 0 Å². The van der Waals surface area contributed by atoms with E-state index in [1.54, 1.807) is 24.5 Å². The van der Waals surface area contributed by atoms with E-state index >= 15 is 0 Å². The number of methoxy groups -OCH3 is 1. The van der Waals surface area contributed by atoms with E-state index in [1.807, 2.05) is 6.07 Å². The highest BCUT2D eigenvalue weighted by Crippen LogP contribution is 2.26. The van der Waals surface area contributed by atoms with Gasteiger partial charge in [-0.25, -0.2) is 4.39 Å². The van der Waals surface area contributed by atoms with Gasteiger partial charge in [0.1, 0.15) is 5.82 Å². The van der Waals surface area contributed by atoms with Gasteiger partial charge in [0.15, 0.2) is 0 Å². The molecule has 0 aliphatic carbocycles. The van der Waals surface area contributed by atoms with Crippen LogP contribution in [0.25, 0.3) is 10.1 Å². The molecule has 0 saturated heterocycles. The first-order chi connectivity index (χ1) is 9.69. The first-order valence-electron chi connectivity index (χ1n) is 6.80. The molecule has 0 spiro atoms. The predicted octanol–water partition coefficient (Wildman–Crippen LogP) is 2.75. The molecule has 0 fully saturated rings. The van der Waals surface area contributed by atoms with Crippen molar-refractivity contribution in [2.75, 3.05) is 26.8 Å². The van der Waals surface area contributed by atoms with E-state index in [4.69, 9.17) is 4.74 Å². The maximum absolute atomic E-state index is 13.1. The lowest BCUT2D eigenvalue weighted by molar-refractivity contribution is 0.198. The third-order valence-electron chi connectivity index (χ3n) is 3.09. The summed E-state index contributed by atoms with van der Waals surface area (Å²) in [6.45, 7) is 5.46. The molecule has 2 rings (SSSR count). The summed E-state index contributed by atoms with van der Waals surface area (Å²) in [6.07, 6.45) is 0. The second kappa shape index (κ2) is 7.69. The number of ether oxygens (including phenoxy) is 1. The average Bonchev–Trinajstić information content (AvgIpc) is 2.83. The monoisotopic (exact) mass is 296 g/mol. The molecule has 2 aromatic rings. The fraction of sp³-hybridized carbons (Fsp3) is 0.467. The minimum Gasteiger partial charge on any atom is -0.383 e. The fourth-order valence-electron chi connectivity index (χ4n) is 1.99. The van der Waals surface area contributed by atoms with Crippen molar-refractivity contribution in [3.8, 4) is 0 Å². The van der Waals surface area contributed by atoms with Crippen LogP contribution in [0.2, 0.25) is 0 Å². The molecular weight excluding hydrogens is 275 g/mol. The Morgan fingerprint density at radius 2 is 2.20 bits per heavy atom. The van der Waals surface area contributed by atoms with Crippen molar-refractivity contribution in [2.45, 2.75) is 19.5 Å². The van der Waals surface area contributed by atoms with Crippen molar-refractivity contribution in [3.05, 3.63) is 35.0 Å². The van der Waals surface area contributed by atoms with Crippen molar-refractivity contribution >= 4 is 21.4 Å². The minimum absolute atomic E-state index is 0.172. The van der Waals surface area contributed by atoms with Gasteiger partial charge in [-0.1, -0.05) is 6.07 Å². The van der Waals surface area contributed by atoms with Crippen molar-refractivity contribution in [1.82, 2.24) is 10.6 Å². The molecule has 0 aliphatic rings. The Balaban J connectivity index is 1.80. The van der Waals surface area contributed by atoms with E-state index in [-0.39, 0.29) is 5.82 Å². The van der Waals surface area contributed by atoms with Gasteiger partial charge in [-0.3, -0.25) is 0 Å². The lowest BCUT2D eigenvalue weighted by Gasteiger charge is -2.13. The van der Waals surface area contributed by atoms with Crippen molar-refractivity contribution in [3.63, 3.8) is 0 Å². The van der Waals surface area contributed by atoms with Crippen LogP contribution in [-0.4, -0.2) is 32.8 Å². The Morgan fingerprint density at radius 3 is 3.00 bits per heavy atom. The summed E-state index contributed by atoms with van der Waals surface area (Å²) in [4.78, 5) is 1.23. The Hall–Kier alpha value is -1.01. The molecule has 1 aromatic carbocycles. The highest BCUT2D eigenvalue weighted by atomic mass is 32.1. The molecule has 20 heavy (non-hydrogen) atoms. The van der Waals surface area contributed by atoms with E-state index in [1.165, 1.54) is 10.9 Å². The number of fused-ring (bicyclic) bond motifs is 1. The molecule has 110 valence electrons. The number of benzene rings is 1. The smallest absolute Gasteiger partial charge is 0.124 e. The quantitative estimate of drug-likeness (QED) is 0.735. The summed E-state index contributed by atoms with van der Waals surface area (Å²) in [5, 5.41) is 7.90. The Labute approximate surface area is 123 Å². The second-order valence-corrected chi connectivity index (χ2v) is 6.04. The van der Waals surface area contributed by atoms with Gasteiger partial charge >= 0.3 is 0 Å². The number of nitrogens with one attached hydrogen (secondary N) is 2. The third-order valence-corrected chi connectivity index (χ3v) is 4.19. The zero-order valence-electron chi connectivity index (χ0n) is 11.9. The Morgan fingerprint density at radius 1 is 1.35 bits per heavy atom. The predicted molar refractivity (Wildman–Crippen MR) is 82.8 cm³/mol. The van der Waals surface area contributed by atoms with Crippen LogP contribution in [0.15, 0.2) is 24.3 Å². The van der Waals surface area contributed by atoms with Crippen LogP contribution in [0.3, 0.4) is 0 Å². The topological polar surface area (TPSA) is 33.3 Å². The van der Waals surface area contributed by atoms with E-state index < -0.39 is 0 Å². The van der Waals surface area contributed by atoms with Crippen LogP contribution in [0.1, 0.15) is 11.8 Å². The molecular formula is C15H21FN2OS. The zero-order chi connectivity index (χ0) is 14.4. The normalized spacial score (nSPS) is 12.9. The summed E-state index contributed by atoms with van der Waals surface area (Å²) >= 11 is 1.64. The molecule has 1 heterocycles. The summed E-state index contributed by atoms with van der Waals surface area (Å²) in [7, 11) is 1.70. The molecule has 5 heteroatoms. The summed E-state index contributed by atoms with van der Waals surface area (Å²) in [6, 6.07) is 7.44. The van der Waals surface area contributed by atoms with Crippen LogP contribution in [0, 0.1) is 5.82 Å². The number of hydrogen-bond acceptors (Lipinski definition) is 4. The lowest BCUT2D eigenvalue weighted by atomic mass is 10.2. The third kappa shape index (κ3) is 4.52. The maximum atomic E-state index is 13.1. The summed E-state index contributed by atoms with van der Waals surface area (Å²) in [5.41, 5.74) is 0. The van der Waals surface area contributed by atoms with Gasteiger partial charge in [0.25, 0.3) is 0 Å². The summed E-state index contributed by atoms with van der Waals surface area (Å²) < 4.78 is 19.1. The van der Waals surface area contributed by atoms with Crippen LogP contribution in [0.5, 0.6) is 0 Å². The minimum atomic E-state index is -0.172. The number of halogens is 1. The Bertz CT molecular complexity index is 544. The highest BCUT2D eigenvalue weighted by Gasteiger charge is 2.05. The molecule has 0 aliphatic heterocycles. The van der Waals surface area contributed by atoms with E-state index in [9.17, 15) is 4.39 Å². The molecule has 1 atom stereocenters. The van der Waals surface area contributed by atoms with Gasteiger partial charge in [-0.2, -0.15) is 0 Å². The van der Waals surface area contributed by atoms with E-state index in [2.05, 4.69) is 23.6 Å². The van der Waals surface area contributed by atoms with Gasteiger partial charge < -0.3 is 15.4 Å². The second-order valence-electron chi connectivity index (χ2n) is 4.87. The number of thiophene rings is 1. The molecule has 0 radical (unpaired) electrons. The average molecular weight is 296 g/mol. The van der Waals surface area contributed by atoms with E-state index in [0.29, 0.717) is 6.04 Å². The first-order valence-corrected chi connectivity index (χ1v) is 7.61. The number of rotatable bonds is 8. The van der Waals surface area contributed by atoms with Gasteiger partial charge in [0, 0.05) is 42.4 Å². The standard InChI is InChI=1S/C15H21FN2OS/c1-11(9-17-5-6-19-2)18-10-14-7-12-3-4-13(16)8-15(12)20-14/h3-4,7-8,11,17-18H,5-6,9-10H2,1-2H3. The van der Waals surface area contributed by atoms with E-state index in [0.717, 1.165) is 36.3 Å². The van der Waals surface area contributed by atoms with Crippen LogP contribution < -0.4 is 10.6 Å². The molecule has 1 unspecified atom stereocenters. The van der Waals surface area contributed by atoms with Gasteiger partial charge in [0.2, 0.25) is 0 Å². The SMILES string of the molecule is COCCNCC(C)NCc1cc2ccc(F)cc2s1. The molecule has 0 amide bonds. The Kier molecular flexibility index (Phi) is 5.91. The maximum Gasteiger partial charge on any atom is 0.124 e. The van der Waals surface area contributed by atoms with Gasteiger partial charge in [-0.05, 0) is 30.5 Å². The number of hydrogen-bond donors (Lipinski definition) is 2. The first kappa shape index (κ1) is 15.4. The summed E-state index contributed by atoms with van der Waals surface area (Å²) in [5.74, 6) is -0.172. The van der Waals surface area contributed by atoms with Crippen molar-refractivity contribution in [2.24, 2.45) is 0 Å². The van der Waals surface area contributed by atoms with Gasteiger partial charge in [0.05, 0.1) is 6.61 Å². The molecule has 2 N–H and O–H groups in total. The molecule has 0 bridgehead atoms. The zero-order valence-corrected chi connectivity index (χ0v) is 12.7. The van der Waals surface area contributed by atoms with Gasteiger partial charge in [-0.15, -0.1) is 11.3 Å². The largest absolute Gasteiger partial charge is 0.383 e. The van der Waals surface area contributed by atoms with Crippen LogP contribution in [-0.2, 0) is 11.3 Å².